The lowest BCUT2D eigenvalue weighted by molar-refractivity contribution is 0.0699. The van der Waals surface area contributed by atoms with Crippen molar-refractivity contribution in [3.05, 3.63) is 40.4 Å². The first kappa shape index (κ1) is 18.0. The van der Waals surface area contributed by atoms with Crippen LogP contribution in [0.25, 0.3) is 0 Å². The predicted molar refractivity (Wildman–Crippen MR) is 98.5 cm³/mol. The van der Waals surface area contributed by atoms with Gasteiger partial charge in [-0.05, 0) is 30.8 Å². The SMILES string of the molecule is CCCn1ccn(CN2Cc3c(OC)ccc(OC)c3[C@H](O)C2)c1=S. The molecule has 6 nitrogen and oxygen atoms in total. The first-order chi connectivity index (χ1) is 12.1. The van der Waals surface area contributed by atoms with Crippen LogP contribution in [0.4, 0.5) is 0 Å². The number of β-amino-alcohol motifs (C(OH)–C–C–N with tert-alkyl or cyclic N) is 1. The van der Waals surface area contributed by atoms with Crippen molar-refractivity contribution in [2.24, 2.45) is 0 Å². The van der Waals surface area contributed by atoms with Gasteiger partial charge in [-0.25, -0.2) is 0 Å². The molecule has 1 aromatic heterocycles. The summed E-state index contributed by atoms with van der Waals surface area (Å²) in [7, 11) is 3.27. The van der Waals surface area contributed by atoms with Crippen LogP contribution in [0.15, 0.2) is 24.5 Å². The Bertz CT molecular complexity index is 799. The van der Waals surface area contributed by atoms with Crippen LogP contribution in [0.3, 0.4) is 0 Å². The lowest BCUT2D eigenvalue weighted by Crippen LogP contribution is -2.35. The van der Waals surface area contributed by atoms with Crippen molar-refractivity contribution >= 4 is 12.2 Å². The highest BCUT2D eigenvalue weighted by molar-refractivity contribution is 7.71. The number of fused-ring (bicyclic) bond motifs is 1. The smallest absolute Gasteiger partial charge is 0.180 e. The molecule has 2 heterocycles. The second-order valence-corrected chi connectivity index (χ2v) is 6.64. The van der Waals surface area contributed by atoms with Crippen LogP contribution in [0, 0.1) is 4.77 Å². The first-order valence-corrected chi connectivity index (χ1v) is 8.89. The van der Waals surface area contributed by atoms with Crippen LogP contribution in [0.5, 0.6) is 11.5 Å². The Morgan fingerprint density at radius 2 is 1.84 bits per heavy atom. The molecule has 0 saturated heterocycles. The van der Waals surface area contributed by atoms with Gasteiger partial charge in [0, 0.05) is 43.2 Å². The van der Waals surface area contributed by atoms with Crippen molar-refractivity contribution in [3.63, 3.8) is 0 Å². The fraction of sp³-hybridized carbons (Fsp3) is 0.500. The number of aryl methyl sites for hydroxylation is 1. The van der Waals surface area contributed by atoms with E-state index < -0.39 is 6.10 Å². The van der Waals surface area contributed by atoms with Gasteiger partial charge < -0.3 is 23.7 Å². The molecule has 136 valence electrons. The molecule has 0 unspecified atom stereocenters. The highest BCUT2D eigenvalue weighted by Gasteiger charge is 2.29. The van der Waals surface area contributed by atoms with E-state index in [9.17, 15) is 5.11 Å². The number of aliphatic hydroxyl groups is 1. The zero-order chi connectivity index (χ0) is 18.0. The number of methoxy groups -OCH3 is 2. The minimum atomic E-state index is -0.624. The van der Waals surface area contributed by atoms with Crippen LogP contribution >= 0.6 is 12.2 Å². The maximum atomic E-state index is 10.7. The topological polar surface area (TPSA) is 51.8 Å². The molecule has 1 atom stereocenters. The third-order valence-electron chi connectivity index (χ3n) is 4.59. The van der Waals surface area contributed by atoms with E-state index in [1.54, 1.807) is 14.2 Å². The third-order valence-corrected chi connectivity index (χ3v) is 5.06. The van der Waals surface area contributed by atoms with E-state index in [1.807, 2.05) is 29.1 Å². The molecule has 0 radical (unpaired) electrons. The summed E-state index contributed by atoms with van der Waals surface area (Å²) in [6.45, 7) is 4.89. The van der Waals surface area contributed by atoms with Crippen LogP contribution in [0.2, 0.25) is 0 Å². The minimum Gasteiger partial charge on any atom is -0.496 e. The number of imidazole rings is 1. The zero-order valence-electron chi connectivity index (χ0n) is 14.9. The van der Waals surface area contributed by atoms with Crippen LogP contribution < -0.4 is 9.47 Å². The van der Waals surface area contributed by atoms with Gasteiger partial charge in [-0.3, -0.25) is 4.90 Å². The van der Waals surface area contributed by atoms with Gasteiger partial charge in [0.05, 0.1) is 27.0 Å². The summed E-state index contributed by atoms with van der Waals surface area (Å²) in [5, 5.41) is 10.7. The van der Waals surface area contributed by atoms with Gasteiger partial charge in [-0.2, -0.15) is 0 Å². The largest absolute Gasteiger partial charge is 0.496 e. The number of hydrogen-bond acceptors (Lipinski definition) is 5. The Kier molecular flexibility index (Phi) is 5.46. The summed E-state index contributed by atoms with van der Waals surface area (Å²) in [5.41, 5.74) is 1.80. The lowest BCUT2D eigenvalue weighted by Gasteiger charge is -2.34. The fourth-order valence-electron chi connectivity index (χ4n) is 3.44. The normalized spacial score (nSPS) is 17.4. The molecule has 1 aliphatic rings. The second-order valence-electron chi connectivity index (χ2n) is 6.27. The van der Waals surface area contributed by atoms with Gasteiger partial charge in [-0.15, -0.1) is 0 Å². The molecule has 1 N–H and O–H groups in total. The predicted octanol–water partition coefficient (Wildman–Crippen LogP) is 2.95. The molecule has 7 heteroatoms. The van der Waals surface area contributed by atoms with Crippen molar-refractivity contribution in [1.29, 1.82) is 0 Å². The summed E-state index contributed by atoms with van der Waals surface area (Å²) in [6, 6.07) is 3.73. The number of rotatable bonds is 6. The molecule has 3 rings (SSSR count). The second kappa shape index (κ2) is 7.59. The highest BCUT2D eigenvalue weighted by atomic mass is 32.1. The molecule has 0 amide bonds. The van der Waals surface area contributed by atoms with Gasteiger partial charge in [-0.1, -0.05) is 6.92 Å². The fourth-order valence-corrected chi connectivity index (χ4v) is 3.71. The van der Waals surface area contributed by atoms with Gasteiger partial charge >= 0.3 is 0 Å². The Morgan fingerprint density at radius 1 is 1.16 bits per heavy atom. The van der Waals surface area contributed by atoms with E-state index in [1.165, 1.54) is 0 Å². The molecule has 1 aromatic carbocycles. The van der Waals surface area contributed by atoms with E-state index in [0.29, 0.717) is 25.5 Å². The molecule has 2 aromatic rings. The Labute approximate surface area is 153 Å². The van der Waals surface area contributed by atoms with Crippen molar-refractivity contribution in [3.8, 4) is 11.5 Å². The maximum absolute atomic E-state index is 10.7. The molecule has 0 fully saturated rings. The summed E-state index contributed by atoms with van der Waals surface area (Å²) < 4.78 is 15.8. The van der Waals surface area contributed by atoms with Gasteiger partial charge in [0.25, 0.3) is 0 Å². The summed E-state index contributed by atoms with van der Waals surface area (Å²) in [6.07, 6.45) is 4.44. The Morgan fingerprint density at radius 3 is 2.52 bits per heavy atom. The maximum Gasteiger partial charge on any atom is 0.180 e. The molecule has 1 aliphatic heterocycles. The molecular formula is C18H25N3O3S. The monoisotopic (exact) mass is 363 g/mol. The number of nitrogens with zero attached hydrogens (tertiary/aromatic N) is 3. The number of ether oxygens (including phenoxy) is 2. The average molecular weight is 363 g/mol. The average Bonchev–Trinajstić information content (AvgIpc) is 2.94. The molecule has 0 saturated carbocycles. The van der Waals surface area contributed by atoms with E-state index in [0.717, 1.165) is 34.6 Å². The standard InChI is InChI=1S/C18H25N3O3S/c1-4-7-20-8-9-21(18(20)25)12-19-10-13-15(23-2)5-6-16(24-3)17(13)14(22)11-19/h5-6,8-9,14,22H,4,7,10-12H2,1-3H3/t14-/m1/s1. The quantitative estimate of drug-likeness (QED) is 0.800. The van der Waals surface area contributed by atoms with E-state index in [-0.39, 0.29) is 0 Å². The number of hydrogen-bond donors (Lipinski definition) is 1. The van der Waals surface area contributed by atoms with Crippen molar-refractivity contribution < 1.29 is 14.6 Å². The number of aromatic nitrogens is 2. The van der Waals surface area contributed by atoms with Crippen molar-refractivity contribution in [2.75, 3.05) is 20.8 Å². The summed E-state index contributed by atoms with van der Waals surface area (Å²) >= 11 is 5.55. The van der Waals surface area contributed by atoms with Crippen molar-refractivity contribution in [1.82, 2.24) is 14.0 Å². The minimum absolute atomic E-state index is 0.525. The zero-order valence-corrected chi connectivity index (χ0v) is 15.8. The van der Waals surface area contributed by atoms with Crippen LogP contribution in [0.1, 0.15) is 30.6 Å². The molecule has 25 heavy (non-hydrogen) atoms. The van der Waals surface area contributed by atoms with Crippen LogP contribution in [-0.2, 0) is 19.8 Å². The lowest BCUT2D eigenvalue weighted by atomic mass is 9.95. The molecular weight excluding hydrogens is 338 g/mol. The van der Waals surface area contributed by atoms with Gasteiger partial charge in [0.2, 0.25) is 0 Å². The number of benzene rings is 1. The van der Waals surface area contributed by atoms with Gasteiger partial charge in [0.15, 0.2) is 4.77 Å². The molecule has 0 spiro atoms. The third kappa shape index (κ3) is 3.44. The van der Waals surface area contributed by atoms with E-state index in [4.69, 9.17) is 21.7 Å². The number of aliphatic hydroxyl groups excluding tert-OH is 1. The first-order valence-electron chi connectivity index (χ1n) is 8.48. The van der Waals surface area contributed by atoms with Crippen molar-refractivity contribution in [2.45, 2.75) is 39.2 Å². The molecule has 0 aliphatic carbocycles. The van der Waals surface area contributed by atoms with E-state index in [2.05, 4.69) is 16.4 Å². The summed E-state index contributed by atoms with van der Waals surface area (Å²) in [4.78, 5) is 2.17. The highest BCUT2D eigenvalue weighted by Crippen LogP contribution is 2.39. The Hall–Kier alpha value is -1.83. The Balaban J connectivity index is 1.87. The molecule has 0 bridgehead atoms. The summed E-state index contributed by atoms with van der Waals surface area (Å²) in [5.74, 6) is 1.47. The van der Waals surface area contributed by atoms with Gasteiger partial charge in [0.1, 0.15) is 11.5 Å². The van der Waals surface area contributed by atoms with Crippen LogP contribution in [-0.4, -0.2) is 39.9 Å². The van der Waals surface area contributed by atoms with E-state index >= 15 is 0 Å².